The highest BCUT2D eigenvalue weighted by Crippen LogP contribution is 2.24. The van der Waals surface area contributed by atoms with E-state index in [2.05, 4.69) is 35.7 Å². The summed E-state index contributed by atoms with van der Waals surface area (Å²) in [6.45, 7) is 7.92. The molecule has 2 heterocycles. The molecule has 98 valence electrons. The van der Waals surface area contributed by atoms with Crippen molar-refractivity contribution in [2.45, 2.75) is 40.3 Å². The van der Waals surface area contributed by atoms with Gasteiger partial charge in [-0.3, -0.25) is 0 Å². The summed E-state index contributed by atoms with van der Waals surface area (Å²) < 4.78 is 1.97. The lowest BCUT2D eigenvalue weighted by molar-refractivity contribution is 0.603. The summed E-state index contributed by atoms with van der Waals surface area (Å²) in [4.78, 5) is 1.34. The second-order valence-electron chi connectivity index (χ2n) is 4.45. The van der Waals surface area contributed by atoms with E-state index in [0.29, 0.717) is 0 Å². The molecule has 2 aromatic heterocycles. The first-order valence-corrected chi connectivity index (χ1v) is 7.11. The summed E-state index contributed by atoms with van der Waals surface area (Å²) in [7, 11) is 0. The summed E-state index contributed by atoms with van der Waals surface area (Å²) in [5.41, 5.74) is 9.05. The Morgan fingerprint density at radius 3 is 2.83 bits per heavy atom. The number of anilines is 2. The predicted octanol–water partition coefficient (Wildman–Crippen LogP) is 3.17. The van der Waals surface area contributed by atoms with Crippen molar-refractivity contribution >= 4 is 22.8 Å². The van der Waals surface area contributed by atoms with Crippen LogP contribution in [0.2, 0.25) is 0 Å². The first-order chi connectivity index (χ1) is 8.63. The molecule has 2 rings (SSSR count). The summed E-state index contributed by atoms with van der Waals surface area (Å²) in [6.07, 6.45) is 1.05. The molecule has 0 saturated carbocycles. The molecule has 2 aromatic rings. The minimum absolute atomic E-state index is 0.762. The van der Waals surface area contributed by atoms with Crippen LogP contribution >= 0.6 is 11.3 Å². The first-order valence-electron chi connectivity index (χ1n) is 6.23. The molecule has 0 radical (unpaired) electrons. The van der Waals surface area contributed by atoms with Crippen molar-refractivity contribution in [3.63, 3.8) is 0 Å². The Labute approximate surface area is 112 Å². The van der Waals surface area contributed by atoms with E-state index in [0.717, 1.165) is 36.7 Å². The van der Waals surface area contributed by atoms with Crippen LogP contribution in [-0.4, -0.2) is 9.78 Å². The Kier molecular flexibility index (Phi) is 3.91. The van der Waals surface area contributed by atoms with Gasteiger partial charge >= 0.3 is 0 Å². The fourth-order valence-electron chi connectivity index (χ4n) is 1.90. The second-order valence-corrected chi connectivity index (χ2v) is 5.45. The summed E-state index contributed by atoms with van der Waals surface area (Å²) in [5.74, 6) is 0.946. The van der Waals surface area contributed by atoms with E-state index in [9.17, 15) is 0 Å². The summed E-state index contributed by atoms with van der Waals surface area (Å²) in [6, 6.07) is 2.14. The number of rotatable bonds is 5. The second kappa shape index (κ2) is 5.44. The van der Waals surface area contributed by atoms with Crippen LogP contribution in [-0.2, 0) is 13.1 Å². The van der Waals surface area contributed by atoms with Crippen molar-refractivity contribution in [2.24, 2.45) is 0 Å². The van der Waals surface area contributed by atoms with Gasteiger partial charge in [-0.2, -0.15) is 5.10 Å². The number of nitrogens with two attached hydrogens (primary N) is 1. The van der Waals surface area contributed by atoms with Crippen LogP contribution < -0.4 is 11.1 Å². The van der Waals surface area contributed by atoms with Gasteiger partial charge in [0, 0.05) is 11.4 Å². The SMILES string of the molecule is CCCn1nc(C)c(N)c1NCc1sccc1C. The van der Waals surface area contributed by atoms with Crippen molar-refractivity contribution in [1.29, 1.82) is 0 Å². The number of hydrogen-bond donors (Lipinski definition) is 2. The van der Waals surface area contributed by atoms with Crippen molar-refractivity contribution in [2.75, 3.05) is 11.1 Å². The maximum Gasteiger partial charge on any atom is 0.148 e. The lowest BCUT2D eigenvalue weighted by Gasteiger charge is -2.09. The van der Waals surface area contributed by atoms with Crippen molar-refractivity contribution in [1.82, 2.24) is 9.78 Å². The Morgan fingerprint density at radius 1 is 1.44 bits per heavy atom. The third kappa shape index (κ3) is 2.51. The number of hydrogen-bond acceptors (Lipinski definition) is 4. The summed E-state index contributed by atoms with van der Waals surface area (Å²) in [5, 5.41) is 9.99. The number of nitrogens with one attached hydrogen (secondary N) is 1. The average molecular weight is 264 g/mol. The van der Waals surface area contributed by atoms with Crippen molar-refractivity contribution < 1.29 is 0 Å². The van der Waals surface area contributed by atoms with E-state index in [1.165, 1.54) is 10.4 Å². The molecule has 0 aliphatic heterocycles. The van der Waals surface area contributed by atoms with E-state index < -0.39 is 0 Å². The summed E-state index contributed by atoms with van der Waals surface area (Å²) >= 11 is 1.77. The standard InChI is InChI=1S/C13H20N4S/c1-4-6-17-13(12(14)10(3)16-17)15-8-11-9(2)5-7-18-11/h5,7,15H,4,6,8,14H2,1-3H3. The van der Waals surface area contributed by atoms with E-state index >= 15 is 0 Å². The molecule has 18 heavy (non-hydrogen) atoms. The molecule has 0 aromatic carbocycles. The molecule has 0 aliphatic rings. The largest absolute Gasteiger partial charge is 0.394 e. The molecular weight excluding hydrogens is 244 g/mol. The molecule has 3 N–H and O–H groups in total. The van der Waals surface area contributed by atoms with Gasteiger partial charge in [-0.05, 0) is 37.3 Å². The number of aryl methyl sites for hydroxylation is 3. The van der Waals surface area contributed by atoms with E-state index in [1.807, 2.05) is 11.6 Å². The minimum Gasteiger partial charge on any atom is -0.394 e. The topological polar surface area (TPSA) is 55.9 Å². The molecule has 0 fully saturated rings. The Bertz CT molecular complexity index is 527. The molecule has 0 spiro atoms. The Hall–Kier alpha value is -1.49. The van der Waals surface area contributed by atoms with Gasteiger partial charge in [-0.15, -0.1) is 11.3 Å². The molecule has 0 aliphatic carbocycles. The highest BCUT2D eigenvalue weighted by molar-refractivity contribution is 7.10. The van der Waals surface area contributed by atoms with E-state index in [-0.39, 0.29) is 0 Å². The zero-order chi connectivity index (χ0) is 13.1. The molecule has 0 saturated heterocycles. The van der Waals surface area contributed by atoms with Crippen LogP contribution in [0, 0.1) is 13.8 Å². The van der Waals surface area contributed by atoms with Gasteiger partial charge in [0.2, 0.25) is 0 Å². The van der Waals surface area contributed by atoms with Crippen LogP contribution in [0.3, 0.4) is 0 Å². The van der Waals surface area contributed by atoms with Crippen LogP contribution in [0.15, 0.2) is 11.4 Å². The third-order valence-corrected chi connectivity index (χ3v) is 4.02. The molecule has 4 nitrogen and oxygen atoms in total. The minimum atomic E-state index is 0.762. The van der Waals surface area contributed by atoms with Crippen LogP contribution in [0.1, 0.15) is 29.5 Å². The first kappa shape index (κ1) is 13.0. The Morgan fingerprint density at radius 2 is 2.22 bits per heavy atom. The molecule has 0 bridgehead atoms. The molecule has 0 atom stereocenters. The van der Waals surface area contributed by atoms with Gasteiger partial charge in [-0.1, -0.05) is 6.92 Å². The molecule has 0 unspecified atom stereocenters. The van der Waals surface area contributed by atoms with Crippen LogP contribution in [0.25, 0.3) is 0 Å². The fraction of sp³-hybridized carbons (Fsp3) is 0.462. The normalized spacial score (nSPS) is 10.8. The highest BCUT2D eigenvalue weighted by atomic mass is 32.1. The quantitative estimate of drug-likeness (QED) is 0.872. The lowest BCUT2D eigenvalue weighted by atomic mass is 10.3. The average Bonchev–Trinajstić information content (AvgIpc) is 2.85. The van der Waals surface area contributed by atoms with Gasteiger partial charge in [0.25, 0.3) is 0 Å². The zero-order valence-electron chi connectivity index (χ0n) is 11.2. The smallest absolute Gasteiger partial charge is 0.148 e. The van der Waals surface area contributed by atoms with Crippen molar-refractivity contribution in [3.8, 4) is 0 Å². The molecular formula is C13H20N4S. The van der Waals surface area contributed by atoms with E-state index in [4.69, 9.17) is 5.73 Å². The number of nitrogens with zero attached hydrogens (tertiary/aromatic N) is 2. The fourth-order valence-corrected chi connectivity index (χ4v) is 2.75. The van der Waals surface area contributed by atoms with Crippen LogP contribution in [0.5, 0.6) is 0 Å². The maximum atomic E-state index is 6.07. The third-order valence-electron chi connectivity index (χ3n) is 2.99. The van der Waals surface area contributed by atoms with Gasteiger partial charge < -0.3 is 11.1 Å². The number of nitrogen functional groups attached to an aromatic ring is 1. The maximum absolute atomic E-state index is 6.07. The Balaban J connectivity index is 2.15. The zero-order valence-corrected chi connectivity index (χ0v) is 12.0. The van der Waals surface area contributed by atoms with E-state index in [1.54, 1.807) is 11.3 Å². The number of thiophene rings is 1. The van der Waals surface area contributed by atoms with Gasteiger partial charge in [0.1, 0.15) is 5.82 Å². The predicted molar refractivity (Wildman–Crippen MR) is 78.1 cm³/mol. The highest BCUT2D eigenvalue weighted by Gasteiger charge is 2.12. The van der Waals surface area contributed by atoms with Crippen molar-refractivity contribution in [3.05, 3.63) is 27.6 Å². The van der Waals surface area contributed by atoms with Gasteiger partial charge in [-0.25, -0.2) is 4.68 Å². The lowest BCUT2D eigenvalue weighted by Crippen LogP contribution is -2.09. The molecule has 0 amide bonds. The molecule has 5 heteroatoms. The monoisotopic (exact) mass is 264 g/mol. The van der Waals surface area contributed by atoms with Crippen LogP contribution in [0.4, 0.5) is 11.5 Å². The number of aromatic nitrogens is 2. The van der Waals surface area contributed by atoms with Gasteiger partial charge in [0.05, 0.1) is 17.9 Å². The van der Waals surface area contributed by atoms with Gasteiger partial charge in [0.15, 0.2) is 0 Å².